The molecule has 0 saturated carbocycles. The van der Waals surface area contributed by atoms with Crippen LogP contribution in [0.3, 0.4) is 0 Å². The minimum atomic E-state index is -0.828. The highest BCUT2D eigenvalue weighted by Gasteiger charge is 2.33. The van der Waals surface area contributed by atoms with E-state index in [1.54, 1.807) is 126 Å². The summed E-state index contributed by atoms with van der Waals surface area (Å²) in [5, 5.41) is 11.5. The highest BCUT2D eigenvalue weighted by Crippen LogP contribution is 2.21. The maximum atomic E-state index is 13.5. The molecule has 1 rings (SSSR count). The zero-order chi connectivity index (χ0) is 46.4. The molecule has 2 atom stereocenters. The lowest BCUT2D eigenvalue weighted by Crippen LogP contribution is -2.52. The van der Waals surface area contributed by atoms with Gasteiger partial charge in [0.2, 0.25) is 0 Å². The summed E-state index contributed by atoms with van der Waals surface area (Å²) in [7, 11) is 0. The Kier molecular flexibility index (Phi) is 20.3. The van der Waals surface area contributed by atoms with E-state index in [0.29, 0.717) is 18.4 Å². The number of carbonyl (C=O) groups is 5. The Balaban J connectivity index is 3.82. The van der Waals surface area contributed by atoms with Crippen LogP contribution in [0.15, 0.2) is 24.3 Å². The van der Waals surface area contributed by atoms with Crippen LogP contribution in [0.5, 0.6) is 0 Å². The molecule has 342 valence electrons. The van der Waals surface area contributed by atoms with E-state index in [4.69, 9.17) is 23.7 Å². The number of esters is 5. The minimum Gasteiger partial charge on any atom is -0.459 e. The summed E-state index contributed by atoms with van der Waals surface area (Å²) >= 11 is 0. The van der Waals surface area contributed by atoms with Crippen molar-refractivity contribution in [3.8, 4) is 0 Å². The van der Waals surface area contributed by atoms with Crippen LogP contribution in [0.25, 0.3) is 0 Å². The largest absolute Gasteiger partial charge is 0.459 e. The molecule has 0 aliphatic carbocycles. The second-order valence-corrected chi connectivity index (χ2v) is 20.1. The van der Waals surface area contributed by atoms with Gasteiger partial charge in [-0.05, 0) is 129 Å². The van der Waals surface area contributed by atoms with Crippen molar-refractivity contribution in [1.29, 1.82) is 0 Å². The number of ether oxygens (including phenoxy) is 5. The molecule has 0 amide bonds. The van der Waals surface area contributed by atoms with Crippen molar-refractivity contribution in [2.75, 3.05) is 45.8 Å². The Morgan fingerprint density at radius 3 is 1.17 bits per heavy atom. The van der Waals surface area contributed by atoms with Gasteiger partial charge in [0.25, 0.3) is 5.69 Å². The molecule has 1 aromatic carbocycles. The van der Waals surface area contributed by atoms with Crippen LogP contribution < -0.4 is 0 Å². The fourth-order valence-corrected chi connectivity index (χ4v) is 6.19. The molecule has 60 heavy (non-hydrogen) atoms. The van der Waals surface area contributed by atoms with Gasteiger partial charge in [-0.3, -0.25) is 48.8 Å². The number of nitrogens with zero attached hydrogens (tertiary/aromatic N) is 4. The smallest absolute Gasteiger partial charge is 0.320 e. The third kappa shape index (κ3) is 24.8. The van der Waals surface area contributed by atoms with Crippen molar-refractivity contribution in [3.63, 3.8) is 0 Å². The fourth-order valence-electron chi connectivity index (χ4n) is 6.19. The van der Waals surface area contributed by atoms with Crippen LogP contribution in [0, 0.1) is 10.1 Å². The molecular weight excluding hydrogens is 776 g/mol. The van der Waals surface area contributed by atoms with Crippen molar-refractivity contribution in [2.24, 2.45) is 0 Å². The normalized spacial score (nSPS) is 13.8. The van der Waals surface area contributed by atoms with E-state index in [1.807, 2.05) is 11.8 Å². The number of nitro groups is 1. The Hall–Kier alpha value is -4.15. The fraction of sp³-hybridized carbons (Fsp3) is 0.750. The molecule has 0 heterocycles. The van der Waals surface area contributed by atoms with Crippen LogP contribution in [-0.4, -0.2) is 135 Å². The summed E-state index contributed by atoms with van der Waals surface area (Å²) < 4.78 is 28.4. The van der Waals surface area contributed by atoms with Crippen LogP contribution in [0.2, 0.25) is 0 Å². The second kappa shape index (κ2) is 22.6. The SMILES string of the molecule is CCC(CCN(CC(=O)OC(C)(C)C)CC(Cc1ccc([N+](=O)[O-])cc1)N(CC(=O)OC(C)(C)C)CC(=O)OC(C)(C)C)N(CC(=O)OC(C)(C)C)CC(=O)OC(C)(C)C. The van der Waals surface area contributed by atoms with Crippen LogP contribution >= 0.6 is 0 Å². The number of nitro benzene ring substituents is 1. The van der Waals surface area contributed by atoms with Gasteiger partial charge in [0, 0.05) is 37.3 Å². The molecule has 16 nitrogen and oxygen atoms in total. The molecular formula is C44H74N4O12. The minimum absolute atomic E-state index is 0.103. The predicted octanol–water partition coefficient (Wildman–Crippen LogP) is 6.29. The van der Waals surface area contributed by atoms with E-state index >= 15 is 0 Å². The van der Waals surface area contributed by atoms with E-state index in [0.717, 1.165) is 0 Å². The molecule has 0 saturated heterocycles. The lowest BCUT2D eigenvalue weighted by molar-refractivity contribution is -0.384. The van der Waals surface area contributed by atoms with E-state index in [1.165, 1.54) is 12.1 Å². The Labute approximate surface area is 358 Å². The molecule has 0 aliphatic heterocycles. The second-order valence-electron chi connectivity index (χ2n) is 20.1. The van der Waals surface area contributed by atoms with Gasteiger partial charge in [0.15, 0.2) is 0 Å². The quantitative estimate of drug-likeness (QED) is 0.0582. The highest BCUT2D eigenvalue weighted by atomic mass is 16.6. The topological polar surface area (TPSA) is 184 Å². The van der Waals surface area contributed by atoms with Gasteiger partial charge in [0.1, 0.15) is 28.0 Å². The number of carbonyl (C=O) groups excluding carboxylic acids is 5. The van der Waals surface area contributed by atoms with Crippen molar-refractivity contribution in [1.82, 2.24) is 14.7 Å². The van der Waals surface area contributed by atoms with Crippen molar-refractivity contribution in [3.05, 3.63) is 39.9 Å². The lowest BCUT2D eigenvalue weighted by Gasteiger charge is -2.37. The summed E-state index contributed by atoms with van der Waals surface area (Å²) in [6, 6.07) is 4.97. The van der Waals surface area contributed by atoms with E-state index < -0.39 is 68.8 Å². The Morgan fingerprint density at radius 1 is 0.550 bits per heavy atom. The highest BCUT2D eigenvalue weighted by molar-refractivity contribution is 5.76. The number of benzene rings is 1. The average Bonchev–Trinajstić information content (AvgIpc) is 2.99. The molecule has 2 unspecified atom stereocenters. The monoisotopic (exact) mass is 851 g/mol. The summed E-state index contributed by atoms with van der Waals surface area (Å²) in [5.74, 6) is -2.74. The molecule has 0 spiro atoms. The van der Waals surface area contributed by atoms with Crippen LogP contribution in [0.4, 0.5) is 5.69 Å². The molecule has 0 radical (unpaired) electrons. The van der Waals surface area contributed by atoms with Gasteiger partial charge in [-0.25, -0.2) is 0 Å². The van der Waals surface area contributed by atoms with Crippen molar-refractivity contribution >= 4 is 35.5 Å². The maximum Gasteiger partial charge on any atom is 0.320 e. The van der Waals surface area contributed by atoms with Crippen molar-refractivity contribution in [2.45, 2.75) is 170 Å². The van der Waals surface area contributed by atoms with Gasteiger partial charge in [-0.1, -0.05) is 19.1 Å². The summed E-state index contributed by atoms with van der Waals surface area (Å²) in [6.45, 7) is 27.3. The van der Waals surface area contributed by atoms with E-state index in [-0.39, 0.29) is 64.0 Å². The summed E-state index contributed by atoms with van der Waals surface area (Å²) in [6.07, 6.45) is 1.09. The maximum absolute atomic E-state index is 13.5. The molecule has 0 fully saturated rings. The van der Waals surface area contributed by atoms with Crippen LogP contribution in [-0.2, 0) is 54.1 Å². The molecule has 0 aromatic heterocycles. The van der Waals surface area contributed by atoms with Gasteiger partial charge in [0.05, 0.1) is 37.6 Å². The Morgan fingerprint density at radius 2 is 0.867 bits per heavy atom. The first kappa shape index (κ1) is 53.9. The average molecular weight is 851 g/mol. The zero-order valence-corrected chi connectivity index (χ0v) is 39.2. The molecule has 0 N–H and O–H groups in total. The standard InChI is InChI=1S/C44H74N4O12/c1-17-32(46(27-36(50)57-41(5,6)7)28-37(51)58-42(8,9)10)22-23-45(26-35(49)56-40(2,3)4)25-34(24-31-18-20-33(21-19-31)48(54)55)47(29-38(52)59-43(11,12)13)30-39(53)60-44(14,15)16/h18-21,32,34H,17,22-30H2,1-16H3. The first-order valence-corrected chi connectivity index (χ1v) is 20.7. The third-order valence-corrected chi connectivity index (χ3v) is 8.15. The lowest BCUT2D eigenvalue weighted by atomic mass is 10.0. The molecule has 0 bridgehead atoms. The first-order valence-electron chi connectivity index (χ1n) is 20.7. The predicted molar refractivity (Wildman–Crippen MR) is 228 cm³/mol. The van der Waals surface area contributed by atoms with Gasteiger partial charge in [-0.15, -0.1) is 0 Å². The number of non-ortho nitro benzene ring substituents is 1. The van der Waals surface area contributed by atoms with E-state index in [9.17, 15) is 34.1 Å². The molecule has 0 aliphatic rings. The number of rotatable bonds is 21. The first-order chi connectivity index (χ1) is 27.1. The van der Waals surface area contributed by atoms with Gasteiger partial charge < -0.3 is 23.7 Å². The third-order valence-electron chi connectivity index (χ3n) is 8.15. The van der Waals surface area contributed by atoms with Crippen LogP contribution in [0.1, 0.15) is 129 Å². The summed E-state index contributed by atoms with van der Waals surface area (Å²) in [4.78, 5) is 83.0. The molecule has 1 aromatic rings. The number of hydrogen-bond donors (Lipinski definition) is 0. The van der Waals surface area contributed by atoms with Crippen molar-refractivity contribution < 1.29 is 52.6 Å². The molecule has 16 heteroatoms. The van der Waals surface area contributed by atoms with Gasteiger partial charge >= 0.3 is 29.8 Å². The zero-order valence-electron chi connectivity index (χ0n) is 39.2. The van der Waals surface area contributed by atoms with E-state index in [2.05, 4.69) is 0 Å². The Bertz CT molecular complexity index is 1520. The van der Waals surface area contributed by atoms with Gasteiger partial charge in [-0.2, -0.15) is 0 Å². The number of hydrogen-bond acceptors (Lipinski definition) is 15. The summed E-state index contributed by atoms with van der Waals surface area (Å²) in [5.41, 5.74) is -3.41.